The molecule has 1 aromatic carbocycles. The normalized spacial score (nSPS) is 12.4. The maximum absolute atomic E-state index is 13.1. The summed E-state index contributed by atoms with van der Waals surface area (Å²) in [6, 6.07) is 3.12. The Morgan fingerprint density at radius 3 is 2.00 bits per heavy atom. The highest BCUT2D eigenvalue weighted by Crippen LogP contribution is 2.36. The van der Waals surface area contributed by atoms with Gasteiger partial charge in [-0.3, -0.25) is 4.68 Å². The quantitative estimate of drug-likeness (QED) is 0.595. The molecule has 0 atom stereocenters. The van der Waals surface area contributed by atoms with E-state index in [4.69, 9.17) is 0 Å². The molecule has 0 saturated heterocycles. The number of hydrogen-bond donors (Lipinski definition) is 0. The van der Waals surface area contributed by atoms with Crippen LogP contribution in [0.5, 0.6) is 0 Å². The molecule has 0 bridgehead atoms. The average molecular weight is 419 g/mol. The Labute approximate surface area is 160 Å². The van der Waals surface area contributed by atoms with E-state index in [-0.39, 0.29) is 30.7 Å². The zero-order valence-electron chi connectivity index (χ0n) is 15.2. The molecular formula is C16H15F6N7. The molecule has 0 fully saturated rings. The van der Waals surface area contributed by atoms with Crippen LogP contribution in [0.3, 0.4) is 0 Å². The van der Waals surface area contributed by atoms with Crippen LogP contribution in [-0.2, 0) is 39.5 Å². The van der Waals surface area contributed by atoms with Crippen molar-refractivity contribution in [1.29, 1.82) is 0 Å². The SMILES string of the molecule is Cn1nnc(N(Cc2cc(C(F)(F)F)cc(C(F)(F)F)c2)Cc2ccnn2C)n1. The van der Waals surface area contributed by atoms with Crippen molar-refractivity contribution in [3.63, 3.8) is 0 Å². The molecule has 0 unspecified atom stereocenters. The van der Waals surface area contributed by atoms with Gasteiger partial charge >= 0.3 is 12.4 Å². The van der Waals surface area contributed by atoms with Crippen molar-refractivity contribution in [2.75, 3.05) is 4.90 Å². The number of benzene rings is 1. The number of anilines is 1. The van der Waals surface area contributed by atoms with Crippen LogP contribution < -0.4 is 4.90 Å². The summed E-state index contributed by atoms with van der Waals surface area (Å²) in [6.07, 6.45) is -8.33. The van der Waals surface area contributed by atoms with Gasteiger partial charge in [0.2, 0.25) is 0 Å². The second-order valence-corrected chi connectivity index (χ2v) is 6.30. The van der Waals surface area contributed by atoms with Crippen molar-refractivity contribution in [1.82, 2.24) is 30.0 Å². The van der Waals surface area contributed by atoms with Crippen LogP contribution in [0.1, 0.15) is 22.4 Å². The Bertz CT molecular complexity index is 956. The molecule has 0 spiro atoms. The van der Waals surface area contributed by atoms with Crippen LogP contribution in [0.2, 0.25) is 0 Å². The summed E-state index contributed by atoms with van der Waals surface area (Å²) in [5.74, 6) is 0.0553. The number of halogens is 6. The van der Waals surface area contributed by atoms with E-state index < -0.39 is 23.5 Å². The highest BCUT2D eigenvalue weighted by Gasteiger charge is 2.37. The standard InChI is InChI=1S/C16H15F6N7/c1-27-13(3-4-23-27)9-29(14-24-26-28(2)25-14)8-10-5-11(15(17,18)19)7-12(6-10)16(20,21)22/h3-7H,8-9H2,1-2H3. The minimum Gasteiger partial charge on any atom is -0.328 e. The van der Waals surface area contributed by atoms with Crippen molar-refractivity contribution in [2.24, 2.45) is 14.1 Å². The first-order valence-corrected chi connectivity index (χ1v) is 8.17. The first-order chi connectivity index (χ1) is 13.4. The van der Waals surface area contributed by atoms with Gasteiger partial charge in [-0.15, -0.1) is 5.10 Å². The Morgan fingerprint density at radius 2 is 1.55 bits per heavy atom. The first-order valence-electron chi connectivity index (χ1n) is 8.17. The second kappa shape index (κ2) is 7.37. The summed E-state index contributed by atoms with van der Waals surface area (Å²) < 4.78 is 80.3. The Hall–Kier alpha value is -3.12. The summed E-state index contributed by atoms with van der Waals surface area (Å²) in [5, 5.41) is 15.5. The molecule has 29 heavy (non-hydrogen) atoms. The molecule has 0 radical (unpaired) electrons. The first kappa shape index (κ1) is 20.6. The van der Waals surface area contributed by atoms with Gasteiger partial charge in [0, 0.05) is 19.8 Å². The highest BCUT2D eigenvalue weighted by atomic mass is 19.4. The molecule has 0 aliphatic carbocycles. The van der Waals surface area contributed by atoms with Crippen LogP contribution >= 0.6 is 0 Å². The topological polar surface area (TPSA) is 64.7 Å². The van der Waals surface area contributed by atoms with Gasteiger partial charge < -0.3 is 4.90 Å². The van der Waals surface area contributed by atoms with Crippen molar-refractivity contribution >= 4 is 5.95 Å². The molecule has 0 saturated carbocycles. The van der Waals surface area contributed by atoms with Crippen molar-refractivity contribution < 1.29 is 26.3 Å². The lowest BCUT2D eigenvalue weighted by Crippen LogP contribution is -2.25. The summed E-state index contributed by atoms with van der Waals surface area (Å²) >= 11 is 0. The highest BCUT2D eigenvalue weighted by molar-refractivity contribution is 5.37. The smallest absolute Gasteiger partial charge is 0.328 e. The molecule has 2 heterocycles. The van der Waals surface area contributed by atoms with Gasteiger partial charge in [0.05, 0.1) is 30.4 Å². The third kappa shape index (κ3) is 4.84. The predicted octanol–water partition coefficient (Wildman–Crippen LogP) is 3.19. The Kier molecular flexibility index (Phi) is 5.24. The minimum absolute atomic E-state index is 0.0553. The number of rotatable bonds is 5. The zero-order valence-corrected chi connectivity index (χ0v) is 15.2. The molecule has 7 nitrogen and oxygen atoms in total. The minimum atomic E-state index is -4.92. The zero-order chi connectivity index (χ0) is 21.4. The van der Waals surface area contributed by atoms with Crippen LogP contribution in [0.15, 0.2) is 30.5 Å². The van der Waals surface area contributed by atoms with E-state index in [9.17, 15) is 26.3 Å². The maximum Gasteiger partial charge on any atom is 0.416 e. The van der Waals surface area contributed by atoms with Crippen molar-refractivity contribution in [2.45, 2.75) is 25.4 Å². The Morgan fingerprint density at radius 1 is 0.931 bits per heavy atom. The molecule has 0 aliphatic heterocycles. The maximum atomic E-state index is 13.1. The molecular weight excluding hydrogens is 404 g/mol. The molecule has 3 rings (SSSR count). The number of hydrogen-bond acceptors (Lipinski definition) is 5. The molecule has 3 aromatic rings. The average Bonchev–Trinajstić information content (AvgIpc) is 3.21. The Balaban J connectivity index is 2.01. The fourth-order valence-corrected chi connectivity index (χ4v) is 2.68. The third-order valence-corrected chi connectivity index (χ3v) is 4.08. The van der Waals surface area contributed by atoms with Gasteiger partial charge in [-0.2, -0.15) is 36.2 Å². The molecule has 13 heteroatoms. The fraction of sp³-hybridized carbons (Fsp3) is 0.375. The van der Waals surface area contributed by atoms with E-state index in [1.807, 2.05) is 0 Å². The van der Waals surface area contributed by atoms with Crippen LogP contribution in [0, 0.1) is 0 Å². The van der Waals surface area contributed by atoms with E-state index in [1.165, 1.54) is 22.8 Å². The van der Waals surface area contributed by atoms with Gasteiger partial charge in [-0.25, -0.2) is 0 Å². The summed E-state index contributed by atoms with van der Waals surface area (Å²) in [4.78, 5) is 2.55. The van der Waals surface area contributed by atoms with Crippen molar-refractivity contribution in [3.8, 4) is 0 Å². The summed E-state index contributed by atoms with van der Waals surface area (Å²) in [7, 11) is 3.15. The lowest BCUT2D eigenvalue weighted by Gasteiger charge is -2.22. The molecule has 0 amide bonds. The lowest BCUT2D eigenvalue weighted by atomic mass is 10.0. The van der Waals surface area contributed by atoms with E-state index in [0.717, 1.165) is 4.80 Å². The van der Waals surface area contributed by atoms with Gasteiger partial charge in [-0.05, 0) is 35.0 Å². The third-order valence-electron chi connectivity index (χ3n) is 4.08. The summed E-state index contributed by atoms with van der Waals surface area (Å²) in [6.45, 7) is -0.205. The number of tetrazole rings is 1. The van der Waals surface area contributed by atoms with Crippen LogP contribution in [-0.4, -0.2) is 30.0 Å². The van der Waals surface area contributed by atoms with E-state index >= 15 is 0 Å². The predicted molar refractivity (Wildman–Crippen MR) is 88.3 cm³/mol. The van der Waals surface area contributed by atoms with Gasteiger partial charge in [0.25, 0.3) is 5.95 Å². The van der Waals surface area contributed by atoms with Crippen LogP contribution in [0.25, 0.3) is 0 Å². The number of nitrogens with zero attached hydrogens (tertiary/aromatic N) is 7. The lowest BCUT2D eigenvalue weighted by molar-refractivity contribution is -0.143. The summed E-state index contributed by atoms with van der Waals surface area (Å²) in [5.41, 5.74) is -2.30. The molecule has 0 N–H and O–H groups in total. The van der Waals surface area contributed by atoms with E-state index in [1.54, 1.807) is 13.1 Å². The molecule has 2 aromatic heterocycles. The number of aromatic nitrogens is 6. The van der Waals surface area contributed by atoms with E-state index in [2.05, 4.69) is 20.5 Å². The van der Waals surface area contributed by atoms with Gasteiger partial charge in [0.15, 0.2) is 0 Å². The van der Waals surface area contributed by atoms with Gasteiger partial charge in [0.1, 0.15) is 0 Å². The van der Waals surface area contributed by atoms with Crippen molar-refractivity contribution in [3.05, 3.63) is 52.8 Å². The second-order valence-electron chi connectivity index (χ2n) is 6.30. The number of aryl methyl sites for hydroxylation is 2. The largest absolute Gasteiger partial charge is 0.416 e. The monoisotopic (exact) mass is 419 g/mol. The van der Waals surface area contributed by atoms with E-state index in [0.29, 0.717) is 17.8 Å². The van der Waals surface area contributed by atoms with Crippen LogP contribution in [0.4, 0.5) is 32.3 Å². The number of alkyl halides is 6. The molecule has 0 aliphatic rings. The molecule has 156 valence electrons. The van der Waals surface area contributed by atoms with Gasteiger partial charge in [-0.1, -0.05) is 5.10 Å². The fourth-order valence-electron chi connectivity index (χ4n) is 2.68.